The first-order valence-electron chi connectivity index (χ1n) is 4.00. The minimum Gasteiger partial charge on any atom is -0.507 e. The van der Waals surface area contributed by atoms with Crippen LogP contribution in [0.4, 0.5) is 0 Å². The molecular formula is C10H9NO2. The molecule has 0 spiro atoms. The maximum absolute atomic E-state index is 11.3. The van der Waals surface area contributed by atoms with Crippen LogP contribution >= 0.6 is 0 Å². The van der Waals surface area contributed by atoms with Gasteiger partial charge in [-0.05, 0) is 24.6 Å². The van der Waals surface area contributed by atoms with Crippen LogP contribution in [0.15, 0.2) is 29.2 Å². The van der Waals surface area contributed by atoms with Gasteiger partial charge < -0.3 is 10.1 Å². The topological polar surface area (TPSA) is 53.1 Å². The van der Waals surface area contributed by atoms with Crippen LogP contribution in [-0.2, 0) is 0 Å². The number of H-pyrrole nitrogens is 1. The zero-order valence-electron chi connectivity index (χ0n) is 7.16. The Morgan fingerprint density at radius 3 is 2.85 bits per heavy atom. The Morgan fingerprint density at radius 1 is 1.38 bits per heavy atom. The fourth-order valence-corrected chi connectivity index (χ4v) is 1.47. The first-order chi connectivity index (χ1) is 6.20. The second-order valence-corrected chi connectivity index (χ2v) is 3.00. The molecule has 0 aliphatic carbocycles. The van der Waals surface area contributed by atoms with E-state index in [0.717, 1.165) is 5.56 Å². The second-order valence-electron chi connectivity index (χ2n) is 3.00. The van der Waals surface area contributed by atoms with Gasteiger partial charge in [-0.1, -0.05) is 6.07 Å². The molecule has 13 heavy (non-hydrogen) atoms. The van der Waals surface area contributed by atoms with Crippen LogP contribution in [0.5, 0.6) is 5.75 Å². The van der Waals surface area contributed by atoms with E-state index in [0.29, 0.717) is 10.8 Å². The third-order valence-electron chi connectivity index (χ3n) is 2.10. The molecule has 1 heterocycles. The van der Waals surface area contributed by atoms with Crippen LogP contribution in [-0.4, -0.2) is 10.1 Å². The number of hydrogen-bond acceptors (Lipinski definition) is 2. The standard InChI is InChI=1S/C10H9NO2/c1-6-5-11-10(13)7-3-2-4-8(12)9(6)7/h2-5,12H,1H3,(H,11,13). The van der Waals surface area contributed by atoms with Crippen molar-refractivity contribution in [2.45, 2.75) is 6.92 Å². The summed E-state index contributed by atoms with van der Waals surface area (Å²) >= 11 is 0. The smallest absolute Gasteiger partial charge is 0.255 e. The average molecular weight is 175 g/mol. The molecule has 0 bridgehead atoms. The fourth-order valence-electron chi connectivity index (χ4n) is 1.47. The van der Waals surface area contributed by atoms with Gasteiger partial charge in [0.25, 0.3) is 5.56 Å². The Balaban J connectivity index is 3.09. The van der Waals surface area contributed by atoms with Crippen LogP contribution in [0, 0.1) is 6.92 Å². The molecule has 66 valence electrons. The largest absolute Gasteiger partial charge is 0.507 e. The maximum Gasteiger partial charge on any atom is 0.255 e. The number of aromatic hydroxyl groups is 1. The number of aromatic nitrogens is 1. The van der Waals surface area contributed by atoms with E-state index in [1.807, 2.05) is 6.92 Å². The number of rotatable bonds is 0. The lowest BCUT2D eigenvalue weighted by Gasteiger charge is -2.02. The zero-order valence-corrected chi connectivity index (χ0v) is 7.16. The quantitative estimate of drug-likeness (QED) is 0.638. The van der Waals surface area contributed by atoms with Crippen molar-refractivity contribution >= 4 is 10.8 Å². The highest BCUT2D eigenvalue weighted by Crippen LogP contribution is 2.23. The molecule has 0 radical (unpaired) electrons. The Bertz CT molecular complexity index is 506. The summed E-state index contributed by atoms with van der Waals surface area (Å²) in [5, 5.41) is 10.7. The van der Waals surface area contributed by atoms with Gasteiger partial charge in [0.1, 0.15) is 5.75 Å². The molecule has 0 amide bonds. The minimum atomic E-state index is -0.170. The molecule has 2 aromatic rings. The van der Waals surface area contributed by atoms with Gasteiger partial charge >= 0.3 is 0 Å². The number of phenolic OH excluding ortho intramolecular Hbond substituents is 1. The number of aromatic amines is 1. The minimum absolute atomic E-state index is 0.154. The summed E-state index contributed by atoms with van der Waals surface area (Å²) in [5.41, 5.74) is 0.698. The lowest BCUT2D eigenvalue weighted by Crippen LogP contribution is -2.05. The summed E-state index contributed by atoms with van der Waals surface area (Å²) in [6.07, 6.45) is 1.60. The van der Waals surface area contributed by atoms with Gasteiger partial charge in [-0.2, -0.15) is 0 Å². The number of aryl methyl sites for hydroxylation is 1. The Morgan fingerprint density at radius 2 is 2.15 bits per heavy atom. The van der Waals surface area contributed by atoms with Crippen LogP contribution in [0.3, 0.4) is 0 Å². The van der Waals surface area contributed by atoms with E-state index in [1.54, 1.807) is 24.4 Å². The van der Waals surface area contributed by atoms with Crippen LogP contribution in [0.2, 0.25) is 0 Å². The highest BCUT2D eigenvalue weighted by Gasteiger charge is 2.04. The number of nitrogens with one attached hydrogen (secondary N) is 1. The van der Waals surface area contributed by atoms with Crippen LogP contribution in [0.25, 0.3) is 10.8 Å². The van der Waals surface area contributed by atoms with Crippen molar-refractivity contribution in [2.24, 2.45) is 0 Å². The SMILES string of the molecule is Cc1c[nH]c(=O)c2cccc(O)c12. The molecule has 0 unspecified atom stereocenters. The Labute approximate surface area is 74.7 Å². The molecule has 1 aromatic carbocycles. The number of benzene rings is 1. The van der Waals surface area contributed by atoms with Crippen molar-refractivity contribution in [3.63, 3.8) is 0 Å². The Kier molecular flexibility index (Phi) is 1.59. The van der Waals surface area contributed by atoms with Gasteiger partial charge in [0.15, 0.2) is 0 Å². The van der Waals surface area contributed by atoms with Gasteiger partial charge in [-0.15, -0.1) is 0 Å². The normalized spacial score (nSPS) is 10.5. The van der Waals surface area contributed by atoms with Gasteiger partial charge in [0, 0.05) is 11.6 Å². The van der Waals surface area contributed by atoms with Crippen molar-refractivity contribution in [2.75, 3.05) is 0 Å². The Hall–Kier alpha value is -1.77. The molecule has 2 rings (SSSR count). The number of hydrogen-bond donors (Lipinski definition) is 2. The summed E-state index contributed by atoms with van der Waals surface area (Å²) in [5.74, 6) is 0.154. The average Bonchev–Trinajstić information content (AvgIpc) is 2.12. The van der Waals surface area contributed by atoms with Gasteiger partial charge in [0.05, 0.1) is 5.39 Å². The summed E-state index contributed by atoms with van der Waals surface area (Å²) in [7, 11) is 0. The van der Waals surface area contributed by atoms with Crippen molar-refractivity contribution in [3.8, 4) is 5.75 Å². The molecule has 0 fully saturated rings. The van der Waals surface area contributed by atoms with Crippen LogP contribution in [0.1, 0.15) is 5.56 Å². The molecule has 3 nitrogen and oxygen atoms in total. The van der Waals surface area contributed by atoms with E-state index < -0.39 is 0 Å². The highest BCUT2D eigenvalue weighted by molar-refractivity contribution is 5.89. The monoisotopic (exact) mass is 175 g/mol. The van der Waals surface area contributed by atoms with Crippen molar-refractivity contribution in [1.82, 2.24) is 4.98 Å². The first kappa shape index (κ1) is 7.86. The lowest BCUT2D eigenvalue weighted by atomic mass is 10.1. The van der Waals surface area contributed by atoms with Crippen LogP contribution < -0.4 is 5.56 Å². The van der Waals surface area contributed by atoms with E-state index >= 15 is 0 Å². The molecule has 2 N–H and O–H groups in total. The molecular weight excluding hydrogens is 166 g/mol. The predicted octanol–water partition coefficient (Wildman–Crippen LogP) is 1.54. The summed E-state index contributed by atoms with van der Waals surface area (Å²) < 4.78 is 0. The molecule has 0 aliphatic rings. The molecule has 0 saturated heterocycles. The van der Waals surface area contributed by atoms with Gasteiger partial charge in [-0.3, -0.25) is 4.79 Å². The second kappa shape index (κ2) is 2.62. The first-order valence-corrected chi connectivity index (χ1v) is 4.00. The van der Waals surface area contributed by atoms with E-state index in [1.165, 1.54) is 0 Å². The summed E-state index contributed by atoms with van der Waals surface area (Å²) in [4.78, 5) is 13.9. The van der Waals surface area contributed by atoms with E-state index in [2.05, 4.69) is 4.98 Å². The van der Waals surface area contributed by atoms with E-state index in [-0.39, 0.29) is 11.3 Å². The highest BCUT2D eigenvalue weighted by atomic mass is 16.3. The lowest BCUT2D eigenvalue weighted by molar-refractivity contribution is 0.481. The third-order valence-corrected chi connectivity index (χ3v) is 2.10. The van der Waals surface area contributed by atoms with Crippen molar-refractivity contribution < 1.29 is 5.11 Å². The number of fused-ring (bicyclic) bond motifs is 1. The van der Waals surface area contributed by atoms with Gasteiger partial charge in [-0.25, -0.2) is 0 Å². The van der Waals surface area contributed by atoms with Crippen molar-refractivity contribution in [3.05, 3.63) is 40.3 Å². The number of phenols is 1. The molecule has 0 atom stereocenters. The molecule has 0 saturated carbocycles. The fraction of sp³-hybridized carbons (Fsp3) is 0.100. The zero-order chi connectivity index (χ0) is 9.42. The summed E-state index contributed by atoms with van der Waals surface area (Å²) in [6, 6.07) is 4.93. The molecule has 3 heteroatoms. The maximum atomic E-state index is 11.3. The molecule has 1 aromatic heterocycles. The third kappa shape index (κ3) is 1.09. The predicted molar refractivity (Wildman–Crippen MR) is 51.0 cm³/mol. The van der Waals surface area contributed by atoms with E-state index in [4.69, 9.17) is 0 Å². The summed E-state index contributed by atoms with van der Waals surface area (Å²) in [6.45, 7) is 1.85. The number of pyridine rings is 1. The van der Waals surface area contributed by atoms with E-state index in [9.17, 15) is 9.90 Å². The molecule has 0 aliphatic heterocycles. The van der Waals surface area contributed by atoms with Gasteiger partial charge in [0.2, 0.25) is 0 Å². The van der Waals surface area contributed by atoms with Crippen molar-refractivity contribution in [1.29, 1.82) is 0 Å².